The van der Waals surface area contributed by atoms with Gasteiger partial charge in [0.15, 0.2) is 16.7 Å². The van der Waals surface area contributed by atoms with Gasteiger partial charge in [-0.05, 0) is 84.8 Å². The maximum absolute atomic E-state index is 13.8. The van der Waals surface area contributed by atoms with Crippen LogP contribution in [0.15, 0.2) is 113 Å². The largest absolute Gasteiger partial charge is 0.490 e. The number of para-hydroxylation sites is 1. The molecule has 4 aromatic rings. The standard InChI is InChI=1S/C33H29ClN2O3S/c1-3-38-30-20-25(16-19-29(30)39-22-24-14-17-27(34)18-15-24)21-31-32(37)36(23(2)26-10-6-4-7-11-26)33(40-31)35-28-12-8-5-9-13-28/h4-21,23H,3,22H2,1-2H3/b31-21+,35-33?/t23-/m1/s1. The number of amides is 1. The summed E-state index contributed by atoms with van der Waals surface area (Å²) in [6.45, 7) is 4.83. The first kappa shape index (κ1) is 27.6. The van der Waals surface area contributed by atoms with E-state index in [4.69, 9.17) is 26.1 Å². The lowest BCUT2D eigenvalue weighted by Gasteiger charge is -2.24. The Balaban J connectivity index is 1.43. The Kier molecular flexibility index (Phi) is 8.89. The fraction of sp³-hybridized carbons (Fsp3) is 0.152. The number of hydrogen-bond acceptors (Lipinski definition) is 5. The van der Waals surface area contributed by atoms with E-state index in [2.05, 4.69) is 0 Å². The molecule has 1 aliphatic heterocycles. The van der Waals surface area contributed by atoms with Gasteiger partial charge in [-0.15, -0.1) is 0 Å². The van der Waals surface area contributed by atoms with Gasteiger partial charge in [-0.25, -0.2) is 4.99 Å². The molecule has 0 radical (unpaired) electrons. The first-order chi connectivity index (χ1) is 19.5. The molecule has 202 valence electrons. The lowest BCUT2D eigenvalue weighted by atomic mass is 10.1. The number of thioether (sulfide) groups is 1. The van der Waals surface area contributed by atoms with Crippen molar-refractivity contribution in [2.45, 2.75) is 26.5 Å². The quantitative estimate of drug-likeness (QED) is 0.189. The van der Waals surface area contributed by atoms with Crippen LogP contribution in [0.4, 0.5) is 5.69 Å². The van der Waals surface area contributed by atoms with Crippen LogP contribution in [0.25, 0.3) is 6.08 Å². The molecule has 0 unspecified atom stereocenters. The number of nitrogens with zero attached hydrogens (tertiary/aromatic N) is 2. The second kappa shape index (κ2) is 12.9. The molecular formula is C33H29ClN2O3S. The van der Waals surface area contributed by atoms with Crippen molar-refractivity contribution in [3.8, 4) is 11.5 Å². The highest BCUT2D eigenvalue weighted by atomic mass is 35.5. The van der Waals surface area contributed by atoms with E-state index in [9.17, 15) is 4.79 Å². The minimum atomic E-state index is -0.183. The fourth-order valence-electron chi connectivity index (χ4n) is 4.29. The number of rotatable bonds is 9. The van der Waals surface area contributed by atoms with Gasteiger partial charge in [-0.3, -0.25) is 9.69 Å². The lowest BCUT2D eigenvalue weighted by Crippen LogP contribution is -2.32. The second-order valence-corrected chi connectivity index (χ2v) is 10.6. The molecule has 0 saturated carbocycles. The summed E-state index contributed by atoms with van der Waals surface area (Å²) in [7, 11) is 0. The number of carbonyl (C=O) groups excluding carboxylic acids is 1. The monoisotopic (exact) mass is 568 g/mol. The highest BCUT2D eigenvalue weighted by Crippen LogP contribution is 2.40. The summed E-state index contributed by atoms with van der Waals surface area (Å²) in [5.41, 5.74) is 3.68. The summed E-state index contributed by atoms with van der Waals surface area (Å²) in [5.74, 6) is 1.17. The first-order valence-corrected chi connectivity index (χ1v) is 14.3. The normalized spacial score (nSPS) is 16.0. The third-order valence-corrected chi connectivity index (χ3v) is 7.60. The van der Waals surface area contributed by atoms with E-state index in [-0.39, 0.29) is 11.9 Å². The maximum atomic E-state index is 13.8. The Hall–Kier alpha value is -4.00. The predicted octanol–water partition coefficient (Wildman–Crippen LogP) is 8.68. The molecule has 1 heterocycles. The van der Waals surface area contributed by atoms with Gasteiger partial charge in [0.1, 0.15) is 6.61 Å². The topological polar surface area (TPSA) is 51.1 Å². The summed E-state index contributed by atoms with van der Waals surface area (Å²) < 4.78 is 11.9. The number of ether oxygens (including phenoxy) is 2. The van der Waals surface area contributed by atoms with E-state index in [1.807, 2.05) is 123 Å². The number of carbonyl (C=O) groups is 1. The van der Waals surface area contributed by atoms with E-state index >= 15 is 0 Å². The van der Waals surface area contributed by atoms with Crippen LogP contribution in [0.3, 0.4) is 0 Å². The van der Waals surface area contributed by atoms with Crippen LogP contribution in [0.5, 0.6) is 11.5 Å². The summed E-state index contributed by atoms with van der Waals surface area (Å²) in [5, 5.41) is 1.33. The van der Waals surface area contributed by atoms with Crippen molar-refractivity contribution >= 4 is 46.2 Å². The van der Waals surface area contributed by atoms with Crippen molar-refractivity contribution in [3.05, 3.63) is 130 Å². The first-order valence-electron chi connectivity index (χ1n) is 13.1. The molecule has 1 fully saturated rings. The van der Waals surface area contributed by atoms with Gasteiger partial charge >= 0.3 is 0 Å². The molecule has 5 rings (SSSR count). The van der Waals surface area contributed by atoms with Crippen molar-refractivity contribution in [1.29, 1.82) is 0 Å². The highest BCUT2D eigenvalue weighted by Gasteiger charge is 2.37. The van der Waals surface area contributed by atoms with E-state index in [0.29, 0.717) is 39.8 Å². The molecule has 0 N–H and O–H groups in total. The summed E-state index contributed by atoms with van der Waals surface area (Å²) in [6, 6.07) is 32.8. The molecule has 0 aromatic heterocycles. The molecule has 1 saturated heterocycles. The summed E-state index contributed by atoms with van der Waals surface area (Å²) in [6.07, 6.45) is 1.89. The molecule has 1 amide bonds. The molecule has 1 atom stereocenters. The van der Waals surface area contributed by atoms with Crippen LogP contribution >= 0.6 is 23.4 Å². The van der Waals surface area contributed by atoms with Crippen LogP contribution < -0.4 is 9.47 Å². The van der Waals surface area contributed by atoms with Gasteiger partial charge in [0.25, 0.3) is 5.91 Å². The van der Waals surface area contributed by atoms with Crippen molar-refractivity contribution in [1.82, 2.24) is 4.90 Å². The Morgan fingerprint density at radius 1 is 0.900 bits per heavy atom. The van der Waals surface area contributed by atoms with Crippen molar-refractivity contribution < 1.29 is 14.3 Å². The van der Waals surface area contributed by atoms with E-state index in [1.165, 1.54) is 11.8 Å². The maximum Gasteiger partial charge on any atom is 0.267 e. The summed E-state index contributed by atoms with van der Waals surface area (Å²) >= 11 is 7.37. The van der Waals surface area contributed by atoms with Crippen molar-refractivity contribution in [3.63, 3.8) is 0 Å². The molecule has 40 heavy (non-hydrogen) atoms. The molecule has 5 nitrogen and oxygen atoms in total. The Morgan fingerprint density at radius 3 is 2.30 bits per heavy atom. The third kappa shape index (κ3) is 6.58. The molecule has 0 aliphatic carbocycles. The van der Waals surface area contributed by atoms with Crippen molar-refractivity contribution in [2.24, 2.45) is 4.99 Å². The molecule has 4 aromatic carbocycles. The fourth-order valence-corrected chi connectivity index (χ4v) is 5.49. The molecule has 0 bridgehead atoms. The van der Waals surface area contributed by atoms with E-state index < -0.39 is 0 Å². The predicted molar refractivity (Wildman–Crippen MR) is 164 cm³/mol. The number of hydrogen-bond donors (Lipinski definition) is 0. The van der Waals surface area contributed by atoms with Crippen LogP contribution in [-0.4, -0.2) is 22.6 Å². The van der Waals surface area contributed by atoms with Crippen molar-refractivity contribution in [2.75, 3.05) is 6.61 Å². The average Bonchev–Trinajstić information content (AvgIpc) is 3.28. The van der Waals surface area contributed by atoms with E-state index in [0.717, 1.165) is 22.4 Å². The minimum Gasteiger partial charge on any atom is -0.490 e. The minimum absolute atomic E-state index is 0.0861. The number of halogens is 1. The number of benzene rings is 4. The molecule has 7 heteroatoms. The molecule has 0 spiro atoms. The number of aliphatic imine (C=N–C) groups is 1. The van der Waals surface area contributed by atoms with E-state index in [1.54, 1.807) is 4.90 Å². The van der Waals surface area contributed by atoms with Gasteiger partial charge in [-0.1, -0.05) is 78.3 Å². The zero-order valence-electron chi connectivity index (χ0n) is 22.3. The smallest absolute Gasteiger partial charge is 0.267 e. The lowest BCUT2D eigenvalue weighted by molar-refractivity contribution is -0.123. The van der Waals surface area contributed by atoms with Crippen LogP contribution in [-0.2, 0) is 11.4 Å². The molecular weight excluding hydrogens is 540 g/mol. The Morgan fingerprint density at radius 2 is 1.60 bits per heavy atom. The number of amidine groups is 1. The van der Waals surface area contributed by atoms with Gasteiger partial charge in [0.2, 0.25) is 0 Å². The van der Waals surface area contributed by atoms with Crippen LogP contribution in [0, 0.1) is 0 Å². The summed E-state index contributed by atoms with van der Waals surface area (Å²) in [4.78, 5) is 21.0. The second-order valence-electron chi connectivity index (χ2n) is 9.16. The highest BCUT2D eigenvalue weighted by molar-refractivity contribution is 8.18. The third-order valence-electron chi connectivity index (χ3n) is 6.36. The van der Waals surface area contributed by atoms with Gasteiger partial charge in [0.05, 0.1) is 23.2 Å². The van der Waals surface area contributed by atoms with Crippen LogP contribution in [0.2, 0.25) is 5.02 Å². The average molecular weight is 569 g/mol. The van der Waals surface area contributed by atoms with Gasteiger partial charge in [-0.2, -0.15) is 0 Å². The SMILES string of the molecule is CCOc1cc(/C=C2/SC(=Nc3ccccc3)N([C@H](C)c3ccccc3)C2=O)ccc1OCc1ccc(Cl)cc1. The Bertz CT molecular complexity index is 1520. The zero-order chi connectivity index (χ0) is 27.9. The molecule has 1 aliphatic rings. The van der Waals surface area contributed by atoms with Gasteiger partial charge in [0, 0.05) is 5.02 Å². The van der Waals surface area contributed by atoms with Gasteiger partial charge < -0.3 is 9.47 Å². The Labute approximate surface area is 244 Å². The zero-order valence-corrected chi connectivity index (χ0v) is 23.9. The van der Waals surface area contributed by atoms with Crippen LogP contribution in [0.1, 0.15) is 36.6 Å².